The first kappa shape index (κ1) is 16.6. The van der Waals surface area contributed by atoms with Gasteiger partial charge in [0.2, 0.25) is 10.0 Å². The number of fused-ring (bicyclic) bond motifs is 2. The zero-order valence-electron chi connectivity index (χ0n) is 14.2. The Kier molecular flexibility index (Phi) is 3.88. The third-order valence-corrected chi connectivity index (χ3v) is 7.23. The first-order valence-corrected chi connectivity index (χ1v) is 11.0. The van der Waals surface area contributed by atoms with Crippen LogP contribution in [0.3, 0.4) is 0 Å². The molecule has 0 spiro atoms. The highest BCUT2D eigenvalue weighted by Gasteiger charge is 2.33. The molecule has 132 valence electrons. The zero-order valence-corrected chi connectivity index (χ0v) is 15.9. The number of rotatable bonds is 2. The fraction of sp³-hybridized carbons (Fsp3) is 0.389. The molecule has 2 aliphatic heterocycles. The molecule has 3 heterocycles. The second-order valence-corrected chi connectivity index (χ2v) is 9.66. The van der Waals surface area contributed by atoms with Gasteiger partial charge in [-0.3, -0.25) is 9.10 Å². The van der Waals surface area contributed by atoms with E-state index >= 15 is 0 Å². The third kappa shape index (κ3) is 2.85. The molecule has 1 aromatic carbocycles. The fourth-order valence-corrected chi connectivity index (χ4v) is 6.00. The van der Waals surface area contributed by atoms with Crippen LogP contribution in [0.5, 0.6) is 0 Å². The molecule has 1 aromatic heterocycles. The van der Waals surface area contributed by atoms with Crippen molar-refractivity contribution in [2.24, 2.45) is 0 Å². The van der Waals surface area contributed by atoms with Crippen LogP contribution in [0.15, 0.2) is 29.6 Å². The van der Waals surface area contributed by atoms with Crippen LogP contribution < -0.4 is 4.31 Å². The van der Waals surface area contributed by atoms with Crippen molar-refractivity contribution >= 4 is 33.0 Å². The maximum Gasteiger partial charge on any atom is 0.254 e. The minimum absolute atomic E-state index is 0.0186. The molecule has 1 amide bonds. The number of hydrogen-bond acceptors (Lipinski definition) is 4. The van der Waals surface area contributed by atoms with Gasteiger partial charge < -0.3 is 4.90 Å². The lowest BCUT2D eigenvalue weighted by Crippen LogP contribution is -2.35. The summed E-state index contributed by atoms with van der Waals surface area (Å²) in [7, 11) is -3.31. The van der Waals surface area contributed by atoms with E-state index in [1.807, 2.05) is 17.9 Å². The van der Waals surface area contributed by atoms with E-state index in [9.17, 15) is 13.2 Å². The standard InChI is InChI=1S/C18H20N2O3S2/c1-12-9-15-10-13(3-4-16(15)20(12)25(2,22)23)18(21)19-7-5-17-14(11-19)6-8-24-17/h3-4,6,8,10,12H,5,7,9,11H2,1-2H3. The van der Waals surface area contributed by atoms with Crippen molar-refractivity contribution in [1.29, 1.82) is 0 Å². The van der Waals surface area contributed by atoms with Gasteiger partial charge in [0.25, 0.3) is 5.91 Å². The van der Waals surface area contributed by atoms with Gasteiger partial charge in [0.1, 0.15) is 0 Å². The van der Waals surface area contributed by atoms with Crippen LogP contribution >= 0.6 is 11.3 Å². The molecule has 1 unspecified atom stereocenters. The number of thiophene rings is 1. The molecular weight excluding hydrogens is 356 g/mol. The second kappa shape index (κ2) is 5.85. The van der Waals surface area contributed by atoms with E-state index in [1.165, 1.54) is 21.0 Å². The molecule has 5 nitrogen and oxygen atoms in total. The first-order valence-electron chi connectivity index (χ1n) is 8.31. The topological polar surface area (TPSA) is 57.7 Å². The van der Waals surface area contributed by atoms with Gasteiger partial charge in [-0.15, -0.1) is 11.3 Å². The Bertz CT molecular complexity index is 949. The average Bonchev–Trinajstić information content (AvgIpc) is 3.14. The molecule has 0 saturated carbocycles. The molecular formula is C18H20N2O3S2. The highest BCUT2D eigenvalue weighted by Crippen LogP contribution is 2.35. The summed E-state index contributed by atoms with van der Waals surface area (Å²) in [6, 6.07) is 7.36. The predicted molar refractivity (Wildman–Crippen MR) is 99.7 cm³/mol. The number of amides is 1. The average molecular weight is 377 g/mol. The molecule has 0 bridgehead atoms. The lowest BCUT2D eigenvalue weighted by atomic mass is 10.0. The highest BCUT2D eigenvalue weighted by molar-refractivity contribution is 7.92. The van der Waals surface area contributed by atoms with Crippen LogP contribution in [0.1, 0.15) is 33.3 Å². The van der Waals surface area contributed by atoms with E-state index in [2.05, 4.69) is 11.4 Å². The van der Waals surface area contributed by atoms with Gasteiger partial charge in [-0.2, -0.15) is 0 Å². The monoisotopic (exact) mass is 376 g/mol. The number of hydrogen-bond donors (Lipinski definition) is 0. The summed E-state index contributed by atoms with van der Waals surface area (Å²) in [4.78, 5) is 16.1. The normalized spacial score (nSPS) is 19.7. The second-order valence-electron chi connectivity index (χ2n) is 6.80. The van der Waals surface area contributed by atoms with Gasteiger partial charge in [0.15, 0.2) is 0 Å². The van der Waals surface area contributed by atoms with Gasteiger partial charge >= 0.3 is 0 Å². The zero-order chi connectivity index (χ0) is 17.8. The van der Waals surface area contributed by atoms with Crippen LogP contribution in [-0.4, -0.2) is 38.1 Å². The third-order valence-electron chi connectivity index (χ3n) is 4.93. The van der Waals surface area contributed by atoms with Gasteiger partial charge in [0.05, 0.1) is 11.9 Å². The Hall–Kier alpha value is -1.86. The lowest BCUT2D eigenvalue weighted by molar-refractivity contribution is 0.0736. The van der Waals surface area contributed by atoms with Gasteiger partial charge in [-0.25, -0.2) is 8.42 Å². The Balaban J connectivity index is 1.61. The van der Waals surface area contributed by atoms with E-state index in [0.29, 0.717) is 24.2 Å². The van der Waals surface area contributed by atoms with Crippen LogP contribution in [-0.2, 0) is 29.4 Å². The SMILES string of the molecule is CC1Cc2cc(C(=O)N3CCc4sccc4C3)ccc2N1S(C)(=O)=O. The first-order chi connectivity index (χ1) is 11.8. The molecule has 25 heavy (non-hydrogen) atoms. The fourth-order valence-electron chi connectivity index (χ4n) is 3.85. The molecule has 0 aliphatic carbocycles. The number of anilines is 1. The number of nitrogens with zero attached hydrogens (tertiary/aromatic N) is 2. The molecule has 2 aliphatic rings. The predicted octanol–water partition coefficient (Wildman–Crippen LogP) is 2.66. The largest absolute Gasteiger partial charge is 0.334 e. The Morgan fingerprint density at radius 3 is 2.80 bits per heavy atom. The minimum Gasteiger partial charge on any atom is -0.334 e. The maximum absolute atomic E-state index is 12.9. The van der Waals surface area contributed by atoms with E-state index in [4.69, 9.17) is 0 Å². The number of sulfonamides is 1. The van der Waals surface area contributed by atoms with Crippen molar-refractivity contribution in [1.82, 2.24) is 4.90 Å². The number of benzene rings is 1. The molecule has 0 N–H and O–H groups in total. The molecule has 2 aromatic rings. The summed E-state index contributed by atoms with van der Waals surface area (Å²) < 4.78 is 25.5. The van der Waals surface area contributed by atoms with Crippen molar-refractivity contribution in [3.05, 3.63) is 51.2 Å². The quantitative estimate of drug-likeness (QED) is 0.810. The highest BCUT2D eigenvalue weighted by atomic mass is 32.2. The van der Waals surface area contributed by atoms with Crippen molar-refractivity contribution in [2.45, 2.75) is 32.4 Å². The van der Waals surface area contributed by atoms with Gasteiger partial charge in [0, 0.05) is 29.6 Å². The van der Waals surface area contributed by atoms with Crippen LogP contribution in [0.2, 0.25) is 0 Å². The van der Waals surface area contributed by atoms with Crippen LogP contribution in [0, 0.1) is 0 Å². The molecule has 0 radical (unpaired) electrons. The summed E-state index contributed by atoms with van der Waals surface area (Å²) >= 11 is 1.75. The number of carbonyl (C=O) groups is 1. The Morgan fingerprint density at radius 1 is 1.24 bits per heavy atom. The van der Waals surface area contributed by atoms with E-state index in [-0.39, 0.29) is 11.9 Å². The summed E-state index contributed by atoms with van der Waals surface area (Å²) in [6.07, 6.45) is 2.77. The van der Waals surface area contributed by atoms with E-state index in [0.717, 1.165) is 18.5 Å². The van der Waals surface area contributed by atoms with E-state index in [1.54, 1.807) is 23.5 Å². The van der Waals surface area contributed by atoms with Crippen molar-refractivity contribution in [3.8, 4) is 0 Å². The maximum atomic E-state index is 12.9. The van der Waals surface area contributed by atoms with Crippen molar-refractivity contribution in [2.75, 3.05) is 17.1 Å². The van der Waals surface area contributed by atoms with E-state index < -0.39 is 10.0 Å². The smallest absolute Gasteiger partial charge is 0.254 e. The lowest BCUT2D eigenvalue weighted by Gasteiger charge is -2.27. The molecule has 0 saturated heterocycles. The summed E-state index contributed by atoms with van der Waals surface area (Å²) in [5, 5.41) is 2.08. The Labute approximate surface area is 151 Å². The van der Waals surface area contributed by atoms with Crippen LogP contribution in [0.25, 0.3) is 0 Å². The minimum atomic E-state index is -3.31. The summed E-state index contributed by atoms with van der Waals surface area (Å²) in [5.41, 5.74) is 3.50. The molecule has 0 fully saturated rings. The molecule has 1 atom stereocenters. The van der Waals surface area contributed by atoms with Gasteiger partial charge in [-0.05, 0) is 60.5 Å². The van der Waals surface area contributed by atoms with Crippen LogP contribution in [0.4, 0.5) is 5.69 Å². The van der Waals surface area contributed by atoms with Gasteiger partial charge in [-0.1, -0.05) is 0 Å². The van der Waals surface area contributed by atoms with Crippen molar-refractivity contribution in [3.63, 3.8) is 0 Å². The van der Waals surface area contributed by atoms with Crippen molar-refractivity contribution < 1.29 is 13.2 Å². The summed E-state index contributed by atoms with van der Waals surface area (Å²) in [5.74, 6) is 0.0186. The summed E-state index contributed by atoms with van der Waals surface area (Å²) in [6.45, 7) is 3.28. The molecule has 7 heteroatoms. The number of carbonyl (C=O) groups excluding carboxylic acids is 1. The Morgan fingerprint density at radius 2 is 2.04 bits per heavy atom. The molecule has 4 rings (SSSR count).